The largest absolute Gasteiger partial charge is 0.494 e. The number of fused-ring (bicyclic) bond motifs is 2. The molecule has 228 valence electrons. The summed E-state index contributed by atoms with van der Waals surface area (Å²) in [7, 11) is 1.67. The molecule has 5 aliphatic heterocycles. The number of piperidine rings is 2. The van der Waals surface area contributed by atoms with Gasteiger partial charge in [0, 0.05) is 74.1 Å². The molecule has 0 spiro atoms. The van der Waals surface area contributed by atoms with Crippen molar-refractivity contribution < 1.29 is 18.4 Å². The summed E-state index contributed by atoms with van der Waals surface area (Å²) < 4.78 is 34.3. The topological polar surface area (TPSA) is 69.2 Å². The SMILES string of the molecule is CCN1CC2CC(C1)N2C1CCN(c2ccc(Nc3cc(N4OCCC4c4cccc(F)c4F)ncn3)c(OC)c2)CC1. The van der Waals surface area contributed by atoms with Gasteiger partial charge >= 0.3 is 0 Å². The third-order valence-electron chi connectivity index (χ3n) is 9.60. The maximum absolute atomic E-state index is 14.6. The smallest absolute Gasteiger partial charge is 0.164 e. The van der Waals surface area contributed by atoms with Gasteiger partial charge < -0.3 is 19.9 Å². The number of likely N-dealkylation sites (N-methyl/N-ethyl adjacent to an activating group) is 1. The average Bonchev–Trinajstić information content (AvgIpc) is 3.53. The molecule has 0 radical (unpaired) electrons. The molecule has 3 unspecified atom stereocenters. The van der Waals surface area contributed by atoms with E-state index in [0.717, 1.165) is 49.2 Å². The van der Waals surface area contributed by atoms with Crippen molar-refractivity contribution in [2.24, 2.45) is 0 Å². The number of nitrogens with zero attached hydrogens (tertiary/aromatic N) is 6. The van der Waals surface area contributed by atoms with Crippen molar-refractivity contribution in [3.63, 3.8) is 0 Å². The average molecular weight is 592 g/mol. The van der Waals surface area contributed by atoms with Crippen molar-refractivity contribution in [2.75, 3.05) is 61.7 Å². The van der Waals surface area contributed by atoms with Crippen molar-refractivity contribution in [3.8, 4) is 5.75 Å². The van der Waals surface area contributed by atoms with Crippen molar-refractivity contribution in [1.82, 2.24) is 19.8 Å². The summed E-state index contributed by atoms with van der Waals surface area (Å²) in [5.41, 5.74) is 2.16. The van der Waals surface area contributed by atoms with E-state index in [1.54, 1.807) is 19.2 Å². The Bertz CT molecular complexity index is 1440. The Labute approximate surface area is 251 Å². The molecular formula is C32H39F2N7O2. The van der Waals surface area contributed by atoms with Gasteiger partial charge in [-0.2, -0.15) is 0 Å². The number of methoxy groups -OCH3 is 1. The van der Waals surface area contributed by atoms with Crippen LogP contribution in [-0.2, 0) is 4.84 Å². The molecule has 3 atom stereocenters. The molecule has 5 fully saturated rings. The molecule has 43 heavy (non-hydrogen) atoms. The van der Waals surface area contributed by atoms with E-state index in [1.165, 1.54) is 49.8 Å². The van der Waals surface area contributed by atoms with Gasteiger partial charge in [0.05, 0.1) is 25.4 Å². The molecule has 3 aromatic rings. The second kappa shape index (κ2) is 11.9. The van der Waals surface area contributed by atoms with Crippen LogP contribution in [0.4, 0.5) is 31.8 Å². The fraction of sp³-hybridized carbons (Fsp3) is 0.500. The van der Waals surface area contributed by atoms with Gasteiger partial charge in [0.2, 0.25) is 0 Å². The molecular weight excluding hydrogens is 552 g/mol. The predicted molar refractivity (Wildman–Crippen MR) is 162 cm³/mol. The van der Waals surface area contributed by atoms with Gasteiger partial charge in [0.15, 0.2) is 17.5 Å². The van der Waals surface area contributed by atoms with Crippen LogP contribution in [0.25, 0.3) is 0 Å². The number of anilines is 4. The van der Waals surface area contributed by atoms with Gasteiger partial charge in [-0.25, -0.2) is 23.8 Å². The maximum Gasteiger partial charge on any atom is 0.164 e. The van der Waals surface area contributed by atoms with Gasteiger partial charge in [-0.3, -0.25) is 9.74 Å². The second-order valence-corrected chi connectivity index (χ2v) is 11.9. The Hall–Kier alpha value is -3.54. The lowest BCUT2D eigenvalue weighted by molar-refractivity contribution is -0.0988. The molecule has 0 saturated carbocycles. The number of hydroxylamine groups is 1. The highest BCUT2D eigenvalue weighted by Gasteiger charge is 2.47. The molecule has 6 heterocycles. The number of benzene rings is 2. The summed E-state index contributed by atoms with van der Waals surface area (Å²) in [6.45, 7) is 8.32. The fourth-order valence-corrected chi connectivity index (χ4v) is 7.41. The molecule has 0 aliphatic carbocycles. The van der Waals surface area contributed by atoms with Gasteiger partial charge in [0.1, 0.15) is 17.9 Å². The summed E-state index contributed by atoms with van der Waals surface area (Å²) in [5, 5.41) is 4.87. The van der Waals surface area contributed by atoms with Gasteiger partial charge in [-0.05, 0) is 44.0 Å². The second-order valence-electron chi connectivity index (χ2n) is 11.9. The number of rotatable bonds is 8. The van der Waals surface area contributed by atoms with Crippen molar-refractivity contribution >= 4 is 23.0 Å². The Kier molecular flexibility index (Phi) is 7.79. The lowest BCUT2D eigenvalue weighted by Gasteiger charge is -2.60. The minimum atomic E-state index is -0.879. The fourth-order valence-electron chi connectivity index (χ4n) is 7.41. The Morgan fingerprint density at radius 2 is 1.81 bits per heavy atom. The minimum Gasteiger partial charge on any atom is -0.494 e. The molecule has 8 rings (SSSR count). The number of halogens is 2. The van der Waals surface area contributed by atoms with Crippen LogP contribution in [0.15, 0.2) is 48.8 Å². The molecule has 9 nitrogen and oxygen atoms in total. The molecule has 0 amide bonds. The maximum atomic E-state index is 14.6. The van der Waals surface area contributed by atoms with Crippen LogP contribution >= 0.6 is 0 Å². The predicted octanol–water partition coefficient (Wildman–Crippen LogP) is 5.14. The highest BCUT2D eigenvalue weighted by atomic mass is 19.2. The van der Waals surface area contributed by atoms with E-state index in [-0.39, 0.29) is 5.56 Å². The number of piperazine rings is 1. The van der Waals surface area contributed by atoms with E-state index in [2.05, 4.69) is 49.0 Å². The first-order valence-corrected chi connectivity index (χ1v) is 15.4. The van der Waals surface area contributed by atoms with E-state index >= 15 is 0 Å². The highest BCUT2D eigenvalue weighted by molar-refractivity contribution is 5.70. The van der Waals surface area contributed by atoms with Crippen LogP contribution in [0.2, 0.25) is 0 Å². The lowest BCUT2D eigenvalue weighted by Crippen LogP contribution is -2.71. The third-order valence-corrected chi connectivity index (χ3v) is 9.60. The van der Waals surface area contributed by atoms with Crippen molar-refractivity contribution in [3.05, 3.63) is 66.0 Å². The van der Waals surface area contributed by atoms with Crippen LogP contribution in [-0.4, -0.2) is 84.3 Å². The molecule has 2 bridgehead atoms. The summed E-state index contributed by atoms with van der Waals surface area (Å²) >= 11 is 0. The first kappa shape index (κ1) is 28.2. The van der Waals surface area contributed by atoms with Crippen LogP contribution in [0.1, 0.15) is 44.2 Å². The van der Waals surface area contributed by atoms with Gasteiger partial charge in [-0.15, -0.1) is 0 Å². The molecule has 5 saturated heterocycles. The number of ether oxygens (including phenoxy) is 1. The first-order chi connectivity index (χ1) is 21.0. The molecule has 11 heteroatoms. The van der Waals surface area contributed by atoms with E-state index in [9.17, 15) is 8.78 Å². The Morgan fingerprint density at radius 3 is 2.58 bits per heavy atom. The lowest BCUT2D eigenvalue weighted by atomic mass is 9.83. The normalized spacial score (nSPS) is 24.7. The van der Waals surface area contributed by atoms with E-state index in [0.29, 0.717) is 36.5 Å². The quantitative estimate of drug-likeness (QED) is 0.384. The van der Waals surface area contributed by atoms with E-state index in [4.69, 9.17) is 9.57 Å². The zero-order valence-corrected chi connectivity index (χ0v) is 24.8. The van der Waals surface area contributed by atoms with Crippen molar-refractivity contribution in [1.29, 1.82) is 0 Å². The van der Waals surface area contributed by atoms with Gasteiger partial charge in [-0.1, -0.05) is 19.1 Å². The third kappa shape index (κ3) is 5.38. The zero-order chi connectivity index (χ0) is 29.5. The number of hydrogen-bond acceptors (Lipinski definition) is 9. The number of hydrogen-bond donors (Lipinski definition) is 1. The zero-order valence-electron chi connectivity index (χ0n) is 24.8. The number of nitrogens with one attached hydrogen (secondary N) is 1. The molecule has 2 aromatic carbocycles. The van der Waals surface area contributed by atoms with Crippen LogP contribution in [0.5, 0.6) is 5.75 Å². The Morgan fingerprint density at radius 1 is 1.00 bits per heavy atom. The molecule has 5 aliphatic rings. The summed E-state index contributed by atoms with van der Waals surface area (Å²) in [5.74, 6) is -0.0376. The van der Waals surface area contributed by atoms with Crippen LogP contribution in [0, 0.1) is 11.6 Å². The van der Waals surface area contributed by atoms with Gasteiger partial charge in [0.25, 0.3) is 0 Å². The number of aromatic nitrogens is 2. The standard InChI is InChI=1S/C32H39F2N7O2/c1-3-38-18-23-15-24(19-38)40(23)21-9-12-39(13-10-21)22-7-8-27(29(16-22)42-2)37-30-17-31(36-20-35-30)41-28(11-14-43-41)25-5-4-6-26(33)32(25)34/h4-8,16-17,20-21,23-24,28H,3,9-15,18-19H2,1-2H3,(H,35,36,37). The summed E-state index contributed by atoms with van der Waals surface area (Å²) in [6, 6.07) is 13.8. The van der Waals surface area contributed by atoms with E-state index in [1.807, 2.05) is 6.07 Å². The Balaban J connectivity index is 1.01. The summed E-state index contributed by atoms with van der Waals surface area (Å²) in [4.78, 5) is 22.4. The van der Waals surface area contributed by atoms with E-state index < -0.39 is 17.7 Å². The molecule has 1 N–H and O–H groups in total. The minimum absolute atomic E-state index is 0.239. The van der Waals surface area contributed by atoms with Crippen molar-refractivity contribution in [2.45, 2.75) is 56.8 Å². The molecule has 1 aromatic heterocycles. The van der Waals surface area contributed by atoms with Crippen LogP contribution in [0.3, 0.4) is 0 Å². The summed E-state index contributed by atoms with van der Waals surface area (Å²) in [6.07, 6.45) is 5.67. The van der Waals surface area contributed by atoms with Crippen LogP contribution < -0.4 is 20.0 Å². The highest BCUT2D eigenvalue weighted by Crippen LogP contribution is 2.40. The first-order valence-electron chi connectivity index (χ1n) is 15.4. The monoisotopic (exact) mass is 591 g/mol.